The monoisotopic (exact) mass is 406 g/mol. The number of hydrogen-bond acceptors (Lipinski definition) is 7. The predicted octanol–water partition coefficient (Wildman–Crippen LogP) is -0.0408. The topological polar surface area (TPSA) is 102 Å². The first-order valence-electron chi connectivity index (χ1n) is 7.39. The Bertz CT molecular complexity index is 860. The maximum atomic E-state index is 12.3. The highest BCUT2D eigenvalue weighted by Crippen LogP contribution is 2.19. The van der Waals surface area contributed by atoms with E-state index in [1.54, 1.807) is 0 Å². The lowest BCUT2D eigenvalue weighted by Gasteiger charge is -2.22. The summed E-state index contributed by atoms with van der Waals surface area (Å²) in [6.07, 6.45) is -4.34. The molecule has 1 fully saturated rings. The van der Waals surface area contributed by atoms with Crippen LogP contribution < -0.4 is 5.46 Å². The van der Waals surface area contributed by atoms with Crippen LogP contribution in [0, 0.1) is 0 Å². The maximum absolute atomic E-state index is 12.3. The van der Waals surface area contributed by atoms with E-state index in [0.29, 0.717) is 0 Å². The molecule has 0 radical (unpaired) electrons. The van der Waals surface area contributed by atoms with Gasteiger partial charge in [0.2, 0.25) is 0 Å². The first-order chi connectivity index (χ1) is 12.4. The maximum Gasteiger partial charge on any atom is 0.636 e. The van der Waals surface area contributed by atoms with Crippen LogP contribution in [0.5, 0.6) is 0 Å². The van der Waals surface area contributed by atoms with Crippen molar-refractivity contribution in [1.82, 2.24) is 4.90 Å². The number of rotatable bonds is 2. The lowest BCUT2D eigenvalue weighted by molar-refractivity contribution is -0.169. The summed E-state index contributed by atoms with van der Waals surface area (Å²) in [5.41, 5.74) is 0.197. The zero-order valence-corrected chi connectivity index (χ0v) is 15.0. The van der Waals surface area contributed by atoms with Crippen molar-refractivity contribution in [3.05, 3.63) is 24.3 Å². The van der Waals surface area contributed by atoms with E-state index in [2.05, 4.69) is 4.36 Å². The molecule has 1 aliphatic heterocycles. The van der Waals surface area contributed by atoms with Crippen LogP contribution in [0.2, 0.25) is 0 Å². The molecule has 1 amide bonds. The van der Waals surface area contributed by atoms with E-state index in [1.165, 1.54) is 24.1 Å². The van der Waals surface area contributed by atoms with Crippen molar-refractivity contribution in [2.24, 2.45) is 4.36 Å². The molecule has 0 aromatic heterocycles. The second-order valence-corrected chi connectivity index (χ2v) is 8.01. The molecule has 0 N–H and O–H groups in total. The van der Waals surface area contributed by atoms with Crippen LogP contribution >= 0.6 is 0 Å². The average Bonchev–Trinajstić information content (AvgIpc) is 2.51. The number of hydrogen-bond donors (Lipinski definition) is 0. The van der Waals surface area contributed by atoms with Gasteiger partial charge in [0, 0.05) is 16.6 Å². The number of halogens is 3. The molecule has 0 saturated carbocycles. The normalized spacial score (nSPS) is 18.6. The zero-order chi connectivity index (χ0) is 20.4. The van der Waals surface area contributed by atoms with E-state index < -0.39 is 40.9 Å². The number of carbonyl (C=O) groups is 3. The van der Waals surface area contributed by atoms with Crippen molar-refractivity contribution in [1.29, 1.82) is 0 Å². The Kier molecular flexibility index (Phi) is 5.95. The van der Waals surface area contributed by atoms with Crippen LogP contribution in [0.1, 0.15) is 0 Å². The Morgan fingerprint density at radius 1 is 1.15 bits per heavy atom. The Morgan fingerprint density at radius 3 is 2.07 bits per heavy atom. The molecule has 1 heterocycles. The van der Waals surface area contributed by atoms with Gasteiger partial charge in [-0.15, -0.1) is 4.36 Å². The number of alkyl halides is 3. The summed E-state index contributed by atoms with van der Waals surface area (Å²) in [6.45, 7) is -0.268. The van der Waals surface area contributed by atoms with Gasteiger partial charge in [0.15, 0.2) is 0 Å². The highest BCUT2D eigenvalue weighted by atomic mass is 32.2. The fraction of sp³-hybridized carbons (Fsp3) is 0.357. The van der Waals surface area contributed by atoms with E-state index in [9.17, 15) is 31.8 Å². The van der Waals surface area contributed by atoms with Crippen molar-refractivity contribution >= 4 is 40.2 Å². The second-order valence-electron chi connectivity index (χ2n) is 5.75. The minimum atomic E-state index is -5.23. The average molecular weight is 406 g/mol. The third kappa shape index (κ3) is 5.53. The molecule has 1 atom stereocenters. The smallest absolute Gasteiger partial charge is 0.494 e. The van der Waals surface area contributed by atoms with E-state index in [1.807, 2.05) is 0 Å². The Labute approximate surface area is 152 Å². The largest absolute Gasteiger partial charge is 0.636 e. The second kappa shape index (κ2) is 7.68. The summed E-state index contributed by atoms with van der Waals surface area (Å²) in [7, 11) is -3.47. The molecule has 1 aliphatic rings. The summed E-state index contributed by atoms with van der Waals surface area (Å²) >= 11 is 0. The highest BCUT2D eigenvalue weighted by molar-refractivity contribution is 7.93. The lowest BCUT2D eigenvalue weighted by Crippen LogP contribution is -2.47. The fourth-order valence-corrected chi connectivity index (χ4v) is 3.28. The molecule has 0 spiro atoms. The number of benzene rings is 1. The molecule has 1 aromatic rings. The van der Waals surface area contributed by atoms with Crippen LogP contribution in [0.4, 0.5) is 13.2 Å². The van der Waals surface area contributed by atoms with Crippen LogP contribution in [0.25, 0.3) is 0 Å². The zero-order valence-electron chi connectivity index (χ0n) is 14.2. The van der Waals surface area contributed by atoms with Crippen molar-refractivity contribution < 1.29 is 41.1 Å². The van der Waals surface area contributed by atoms with E-state index in [0.717, 1.165) is 18.4 Å². The lowest BCUT2D eigenvalue weighted by atomic mass is 9.78. The molecule has 1 aromatic carbocycles. The molecule has 13 heteroatoms. The third-order valence-corrected chi connectivity index (χ3v) is 5.03. The minimum absolute atomic E-state index is 0.134. The molecule has 146 valence electrons. The van der Waals surface area contributed by atoms with Crippen molar-refractivity contribution in [2.45, 2.75) is 11.1 Å². The molecule has 2 rings (SSSR count). The van der Waals surface area contributed by atoms with Crippen LogP contribution in [0.3, 0.4) is 0 Å². The van der Waals surface area contributed by atoms with E-state index in [-0.39, 0.29) is 23.4 Å². The first-order valence-corrected chi connectivity index (χ1v) is 9.31. The molecular weight excluding hydrogens is 392 g/mol. The summed E-state index contributed by atoms with van der Waals surface area (Å²) in [5.74, 6) is -3.75. The quantitative estimate of drug-likeness (QED) is 0.636. The van der Waals surface area contributed by atoms with Gasteiger partial charge < -0.3 is 9.31 Å². The van der Waals surface area contributed by atoms with Gasteiger partial charge in [0.05, 0.1) is 22.8 Å². The third-order valence-electron chi connectivity index (χ3n) is 3.36. The van der Waals surface area contributed by atoms with E-state index >= 15 is 0 Å². The van der Waals surface area contributed by atoms with Gasteiger partial charge in [0.25, 0.3) is 0 Å². The summed E-state index contributed by atoms with van der Waals surface area (Å²) in [4.78, 5) is 35.6. The summed E-state index contributed by atoms with van der Waals surface area (Å²) in [6, 6.07) is 4.81. The van der Waals surface area contributed by atoms with Gasteiger partial charge in [-0.25, -0.2) is 4.21 Å². The Morgan fingerprint density at radius 2 is 1.63 bits per heavy atom. The molecule has 0 bridgehead atoms. The molecule has 1 unspecified atom stereocenters. The molecule has 1 saturated heterocycles. The first kappa shape index (κ1) is 20.9. The van der Waals surface area contributed by atoms with Crippen molar-refractivity contribution in [3.63, 3.8) is 0 Å². The predicted molar refractivity (Wildman–Crippen MR) is 87.3 cm³/mol. The molecule has 27 heavy (non-hydrogen) atoms. The highest BCUT2D eigenvalue weighted by Gasteiger charge is 2.39. The van der Waals surface area contributed by atoms with Crippen LogP contribution in [-0.2, 0) is 33.4 Å². The van der Waals surface area contributed by atoms with Gasteiger partial charge >= 0.3 is 31.1 Å². The van der Waals surface area contributed by atoms with Gasteiger partial charge in [-0.3, -0.25) is 19.3 Å². The van der Waals surface area contributed by atoms with Crippen LogP contribution in [-0.4, -0.2) is 66.6 Å². The minimum Gasteiger partial charge on any atom is -0.494 e. The van der Waals surface area contributed by atoms with E-state index in [4.69, 9.17) is 9.31 Å². The number of carbonyl (C=O) groups excluding carboxylic acids is 3. The Balaban J connectivity index is 2.27. The summed E-state index contributed by atoms with van der Waals surface area (Å²) in [5, 5.41) is 0. The standard InChI is InChI=1S/C14H14BF3N2O6S/c1-20-7-11(21)25-15(26-12(22)8-20)9-3-5-10(6-4-9)27(2,24)19-13(23)14(16,17)18/h3-6H,7-8H2,1-2H3. The number of nitrogens with zero attached hydrogens (tertiary/aromatic N) is 2. The molecule has 8 nitrogen and oxygen atoms in total. The van der Waals surface area contributed by atoms with Crippen molar-refractivity contribution in [3.8, 4) is 0 Å². The SMILES string of the molecule is CN1CC(=O)OB(c2ccc(S(C)(=O)=NC(=O)C(F)(F)F)cc2)OC(=O)C1. The van der Waals surface area contributed by atoms with Crippen molar-refractivity contribution in [2.75, 3.05) is 26.4 Å². The van der Waals surface area contributed by atoms with Gasteiger partial charge in [-0.1, -0.05) is 12.1 Å². The fourth-order valence-electron chi connectivity index (χ4n) is 2.11. The molecule has 0 aliphatic carbocycles. The van der Waals surface area contributed by atoms with Gasteiger partial charge in [-0.05, 0) is 19.2 Å². The Hall–Kier alpha value is -2.41. The van der Waals surface area contributed by atoms with Gasteiger partial charge in [-0.2, -0.15) is 13.2 Å². The number of amides is 1. The molecular formula is C14H14BF3N2O6S. The van der Waals surface area contributed by atoms with Gasteiger partial charge in [0.1, 0.15) is 0 Å². The summed E-state index contributed by atoms with van der Waals surface area (Å²) < 4.78 is 62.0. The number of likely N-dealkylation sites (N-methyl/N-ethyl adjacent to an activating group) is 1. The van der Waals surface area contributed by atoms with Crippen LogP contribution in [0.15, 0.2) is 33.5 Å².